The van der Waals surface area contributed by atoms with E-state index in [0.29, 0.717) is 5.33 Å². The normalized spacial score (nSPS) is 18.2. The first-order valence-electron chi connectivity index (χ1n) is 5.77. The molecule has 0 atom stereocenters. The van der Waals surface area contributed by atoms with Crippen LogP contribution in [0.2, 0.25) is 0 Å². The topological polar surface area (TPSA) is 68.3 Å². The second-order valence-electron chi connectivity index (χ2n) is 5.14. The number of benzene rings is 1. The average molecular weight is 367 g/mol. The molecule has 2 rings (SSSR count). The predicted molar refractivity (Wildman–Crippen MR) is 77.1 cm³/mol. The Balaban J connectivity index is 2.27. The number of halogens is 1. The summed E-state index contributed by atoms with van der Waals surface area (Å²) in [7, 11) is -6.65. The highest BCUT2D eigenvalue weighted by Crippen LogP contribution is 2.48. The van der Waals surface area contributed by atoms with Gasteiger partial charge in [0.05, 0.1) is 15.5 Å². The van der Waals surface area contributed by atoms with E-state index < -0.39 is 19.7 Å². The quantitative estimate of drug-likeness (QED) is 0.747. The minimum Gasteiger partial charge on any atom is -0.224 e. The van der Waals surface area contributed by atoms with Crippen LogP contribution in [0.1, 0.15) is 12.8 Å². The second kappa shape index (κ2) is 4.86. The van der Waals surface area contributed by atoms with Gasteiger partial charge in [0.2, 0.25) is 0 Å². The van der Waals surface area contributed by atoms with Crippen LogP contribution in [0.15, 0.2) is 34.1 Å². The highest BCUT2D eigenvalue weighted by Gasteiger charge is 2.45. The van der Waals surface area contributed by atoms with Crippen molar-refractivity contribution in [2.45, 2.75) is 22.6 Å². The van der Waals surface area contributed by atoms with E-state index in [0.717, 1.165) is 19.1 Å². The zero-order valence-corrected chi connectivity index (χ0v) is 13.7. The highest BCUT2D eigenvalue weighted by atomic mass is 79.9. The summed E-state index contributed by atoms with van der Waals surface area (Å²) in [6.45, 7) is 0. The van der Waals surface area contributed by atoms with E-state index in [9.17, 15) is 16.8 Å². The monoisotopic (exact) mass is 366 g/mol. The van der Waals surface area contributed by atoms with Crippen LogP contribution < -0.4 is 0 Å². The van der Waals surface area contributed by atoms with E-state index in [-0.39, 0.29) is 21.0 Å². The number of sulfone groups is 2. The number of alkyl halides is 1. The molecule has 0 radical (unpaired) electrons. The van der Waals surface area contributed by atoms with Gasteiger partial charge in [0.25, 0.3) is 0 Å². The Kier molecular flexibility index (Phi) is 3.83. The third kappa shape index (κ3) is 3.38. The molecule has 4 nitrogen and oxygen atoms in total. The first kappa shape index (κ1) is 15.0. The van der Waals surface area contributed by atoms with Crippen molar-refractivity contribution in [3.63, 3.8) is 0 Å². The van der Waals surface area contributed by atoms with Crippen LogP contribution in [0.5, 0.6) is 0 Å². The summed E-state index contributed by atoms with van der Waals surface area (Å²) in [5, 5.41) is 0.681. The minimum absolute atomic E-state index is 0.115. The summed E-state index contributed by atoms with van der Waals surface area (Å²) < 4.78 is 47.1. The number of hydrogen-bond donors (Lipinski definition) is 0. The predicted octanol–water partition coefficient (Wildman–Crippen LogP) is 2.04. The molecule has 1 aliphatic carbocycles. The largest absolute Gasteiger partial charge is 0.224 e. The van der Waals surface area contributed by atoms with Gasteiger partial charge < -0.3 is 0 Å². The first-order valence-corrected chi connectivity index (χ1v) is 10.4. The maximum atomic E-state index is 12.2. The second-order valence-corrected chi connectivity index (χ2v) is 9.70. The van der Waals surface area contributed by atoms with Crippen LogP contribution in [-0.4, -0.2) is 34.2 Å². The summed E-state index contributed by atoms with van der Waals surface area (Å²) in [4.78, 5) is 0.320. The smallest absolute Gasteiger partial charge is 0.178 e. The van der Waals surface area contributed by atoms with Crippen LogP contribution in [-0.2, 0) is 19.7 Å². The summed E-state index contributed by atoms with van der Waals surface area (Å²) in [6.07, 6.45) is 2.93. The number of rotatable bonds is 5. The molecule has 1 aliphatic rings. The van der Waals surface area contributed by atoms with Gasteiger partial charge in [0.1, 0.15) is 0 Å². The van der Waals surface area contributed by atoms with Crippen molar-refractivity contribution in [1.29, 1.82) is 0 Å². The number of hydrogen-bond acceptors (Lipinski definition) is 4. The van der Waals surface area contributed by atoms with E-state index in [1.807, 2.05) is 0 Å². The van der Waals surface area contributed by atoms with Crippen molar-refractivity contribution in [2.24, 2.45) is 5.41 Å². The van der Waals surface area contributed by atoms with Gasteiger partial charge >= 0.3 is 0 Å². The van der Waals surface area contributed by atoms with Crippen molar-refractivity contribution in [3.8, 4) is 0 Å². The highest BCUT2D eigenvalue weighted by molar-refractivity contribution is 9.09. The summed E-state index contributed by atoms with van der Waals surface area (Å²) in [5.74, 6) is 0.115. The van der Waals surface area contributed by atoms with Crippen molar-refractivity contribution in [3.05, 3.63) is 24.3 Å². The van der Waals surface area contributed by atoms with Gasteiger partial charge in [-0.3, -0.25) is 0 Å². The van der Waals surface area contributed by atoms with Gasteiger partial charge in [0, 0.05) is 11.6 Å². The maximum Gasteiger partial charge on any atom is 0.178 e. The Morgan fingerprint density at radius 1 is 1.05 bits per heavy atom. The molecule has 0 N–H and O–H groups in total. The average Bonchev–Trinajstić information content (AvgIpc) is 3.08. The lowest BCUT2D eigenvalue weighted by Crippen LogP contribution is -2.18. The Hall–Kier alpha value is -0.400. The molecule has 0 aromatic heterocycles. The fourth-order valence-corrected chi connectivity index (χ4v) is 5.44. The van der Waals surface area contributed by atoms with Crippen molar-refractivity contribution in [1.82, 2.24) is 0 Å². The van der Waals surface area contributed by atoms with Gasteiger partial charge in [0.15, 0.2) is 19.7 Å². The van der Waals surface area contributed by atoms with Gasteiger partial charge in [-0.05, 0) is 42.5 Å². The maximum absolute atomic E-state index is 12.2. The third-order valence-electron chi connectivity index (χ3n) is 3.35. The molecule has 0 spiro atoms. The molecular formula is C12H15BrO4S2. The van der Waals surface area contributed by atoms with E-state index in [4.69, 9.17) is 0 Å². The molecule has 7 heteroatoms. The minimum atomic E-state index is -3.35. The molecule has 106 valence electrons. The molecule has 0 aliphatic heterocycles. The molecule has 0 unspecified atom stereocenters. The summed E-state index contributed by atoms with van der Waals surface area (Å²) in [5.41, 5.74) is -0.131. The molecule has 0 saturated heterocycles. The van der Waals surface area contributed by atoms with Crippen LogP contribution >= 0.6 is 15.9 Å². The van der Waals surface area contributed by atoms with Gasteiger partial charge in [-0.15, -0.1) is 0 Å². The Morgan fingerprint density at radius 2 is 1.53 bits per heavy atom. The molecule has 1 saturated carbocycles. The van der Waals surface area contributed by atoms with E-state index in [2.05, 4.69) is 15.9 Å². The molecule has 19 heavy (non-hydrogen) atoms. The zero-order chi connectivity index (χ0) is 14.3. The van der Waals surface area contributed by atoms with Crippen molar-refractivity contribution < 1.29 is 16.8 Å². The Morgan fingerprint density at radius 3 is 1.89 bits per heavy atom. The molecular weight excluding hydrogens is 352 g/mol. The molecule has 0 bridgehead atoms. The third-order valence-corrected chi connectivity index (χ3v) is 7.65. The van der Waals surface area contributed by atoms with E-state index >= 15 is 0 Å². The summed E-state index contributed by atoms with van der Waals surface area (Å²) in [6, 6.07) is 5.43. The molecule has 0 heterocycles. The summed E-state index contributed by atoms with van der Waals surface area (Å²) >= 11 is 3.35. The van der Waals surface area contributed by atoms with E-state index in [1.54, 1.807) is 0 Å². The molecule has 1 aromatic carbocycles. The van der Waals surface area contributed by atoms with Crippen LogP contribution in [0.3, 0.4) is 0 Å². The first-order chi connectivity index (χ1) is 8.69. The lowest BCUT2D eigenvalue weighted by Gasteiger charge is -2.12. The zero-order valence-electron chi connectivity index (χ0n) is 10.5. The standard InChI is InChI=1S/C12H15BrO4S2/c1-18(14,15)10-2-4-11(5-3-10)19(16,17)9-12(8-13)6-7-12/h2-5H,6-9H2,1H3. The van der Waals surface area contributed by atoms with Gasteiger partial charge in [-0.25, -0.2) is 16.8 Å². The van der Waals surface area contributed by atoms with Gasteiger partial charge in [-0.2, -0.15) is 0 Å². The van der Waals surface area contributed by atoms with Crippen LogP contribution in [0.4, 0.5) is 0 Å². The lowest BCUT2D eigenvalue weighted by molar-refractivity contribution is 0.571. The molecule has 1 aromatic rings. The molecule has 0 amide bonds. The fourth-order valence-electron chi connectivity index (χ4n) is 1.87. The lowest BCUT2D eigenvalue weighted by atomic mass is 10.2. The molecule has 1 fully saturated rings. The van der Waals surface area contributed by atoms with Crippen LogP contribution in [0, 0.1) is 5.41 Å². The van der Waals surface area contributed by atoms with Crippen molar-refractivity contribution in [2.75, 3.05) is 17.3 Å². The van der Waals surface area contributed by atoms with Gasteiger partial charge in [-0.1, -0.05) is 15.9 Å². The van der Waals surface area contributed by atoms with Crippen LogP contribution in [0.25, 0.3) is 0 Å². The van der Waals surface area contributed by atoms with E-state index in [1.165, 1.54) is 24.3 Å². The van der Waals surface area contributed by atoms with Crippen molar-refractivity contribution >= 4 is 35.6 Å². The Bertz CT molecular complexity index is 671. The SMILES string of the molecule is CS(=O)(=O)c1ccc(S(=O)(=O)CC2(CBr)CC2)cc1. The fraction of sp³-hybridized carbons (Fsp3) is 0.500. The Labute approximate surface area is 122 Å².